The molecule has 1 N–H and O–H groups in total. The first-order valence-corrected chi connectivity index (χ1v) is 7.76. The molecule has 94 valence electrons. The Hall–Kier alpha value is -0.590. The van der Waals surface area contributed by atoms with Gasteiger partial charge in [-0.25, -0.2) is 0 Å². The lowest BCUT2D eigenvalue weighted by atomic mass is 10.1. The Morgan fingerprint density at radius 2 is 2.22 bits per heavy atom. The second-order valence-electron chi connectivity index (χ2n) is 3.88. The maximum absolute atomic E-state index is 12.0. The van der Waals surface area contributed by atoms with Crippen LogP contribution in [0.3, 0.4) is 0 Å². The molecule has 0 bridgehead atoms. The van der Waals surface area contributed by atoms with Crippen LogP contribution in [0.2, 0.25) is 5.02 Å². The Balaban J connectivity index is 2.10. The summed E-state index contributed by atoms with van der Waals surface area (Å²) < 4.78 is 0.941. The van der Waals surface area contributed by atoms with Crippen LogP contribution in [0.25, 0.3) is 0 Å². The van der Waals surface area contributed by atoms with E-state index in [1.54, 1.807) is 23.5 Å². The second kappa shape index (κ2) is 6.04. The summed E-state index contributed by atoms with van der Waals surface area (Å²) in [7, 11) is 0. The monoisotopic (exact) mass is 391 g/mol. The van der Waals surface area contributed by atoms with Crippen LogP contribution in [0.15, 0.2) is 35.0 Å². The molecule has 1 amide bonds. The molecule has 0 saturated carbocycles. The molecule has 1 atom stereocenters. The fourth-order valence-electron chi connectivity index (χ4n) is 1.52. The highest BCUT2D eigenvalue weighted by Crippen LogP contribution is 2.21. The third-order valence-corrected chi connectivity index (χ3v) is 4.85. The minimum Gasteiger partial charge on any atom is -0.345 e. The van der Waals surface area contributed by atoms with E-state index in [4.69, 9.17) is 11.6 Å². The van der Waals surface area contributed by atoms with Crippen molar-refractivity contribution in [2.75, 3.05) is 0 Å². The summed E-state index contributed by atoms with van der Waals surface area (Å²) >= 11 is 9.77. The highest BCUT2D eigenvalue weighted by Gasteiger charge is 2.12. The number of nitrogens with one attached hydrogen (secondary N) is 1. The van der Waals surface area contributed by atoms with Gasteiger partial charge in [-0.05, 0) is 70.1 Å². The lowest BCUT2D eigenvalue weighted by Gasteiger charge is -2.12. The number of rotatable bonds is 3. The van der Waals surface area contributed by atoms with Crippen LogP contribution in [0.1, 0.15) is 28.9 Å². The summed E-state index contributed by atoms with van der Waals surface area (Å²) in [6, 6.07) is 7.33. The molecule has 0 aliphatic rings. The van der Waals surface area contributed by atoms with Crippen LogP contribution in [-0.2, 0) is 0 Å². The topological polar surface area (TPSA) is 29.1 Å². The first-order valence-electron chi connectivity index (χ1n) is 5.36. The van der Waals surface area contributed by atoms with E-state index >= 15 is 0 Å². The van der Waals surface area contributed by atoms with Crippen LogP contribution < -0.4 is 5.32 Å². The zero-order valence-corrected chi connectivity index (χ0v) is 13.3. The zero-order chi connectivity index (χ0) is 13.1. The molecule has 5 heteroatoms. The van der Waals surface area contributed by atoms with Gasteiger partial charge in [0.2, 0.25) is 0 Å². The van der Waals surface area contributed by atoms with Gasteiger partial charge in [0.05, 0.1) is 11.1 Å². The lowest BCUT2D eigenvalue weighted by Crippen LogP contribution is -2.26. The number of benzene rings is 1. The number of hydrogen-bond acceptors (Lipinski definition) is 2. The van der Waals surface area contributed by atoms with Gasteiger partial charge in [0.1, 0.15) is 0 Å². The molecule has 18 heavy (non-hydrogen) atoms. The molecule has 0 aliphatic carbocycles. The Labute approximate surface area is 129 Å². The molecule has 2 aromatic rings. The van der Waals surface area contributed by atoms with Crippen molar-refractivity contribution >= 4 is 51.4 Å². The van der Waals surface area contributed by atoms with E-state index in [0.29, 0.717) is 10.6 Å². The molecular weight excluding hydrogens is 381 g/mol. The van der Waals surface area contributed by atoms with Crippen molar-refractivity contribution < 1.29 is 4.79 Å². The predicted molar refractivity (Wildman–Crippen MR) is 84.4 cm³/mol. The van der Waals surface area contributed by atoms with Crippen molar-refractivity contribution in [3.8, 4) is 0 Å². The Kier molecular flexibility index (Phi) is 4.64. The number of hydrogen-bond donors (Lipinski definition) is 1. The average molecular weight is 392 g/mol. The van der Waals surface area contributed by atoms with Crippen molar-refractivity contribution in [1.29, 1.82) is 0 Å². The van der Waals surface area contributed by atoms with Crippen LogP contribution in [0, 0.1) is 3.57 Å². The second-order valence-corrected chi connectivity index (χ2v) is 6.23. The van der Waals surface area contributed by atoms with Crippen LogP contribution >= 0.6 is 45.5 Å². The van der Waals surface area contributed by atoms with E-state index in [2.05, 4.69) is 27.9 Å². The zero-order valence-electron chi connectivity index (χ0n) is 9.61. The molecule has 0 spiro atoms. The number of halogens is 2. The maximum Gasteiger partial charge on any atom is 0.251 e. The van der Waals surface area contributed by atoms with E-state index in [1.165, 1.54) is 0 Å². The van der Waals surface area contributed by atoms with E-state index in [-0.39, 0.29) is 11.9 Å². The van der Waals surface area contributed by atoms with Gasteiger partial charge in [0.25, 0.3) is 5.91 Å². The highest BCUT2D eigenvalue weighted by atomic mass is 127. The summed E-state index contributed by atoms with van der Waals surface area (Å²) in [5, 5.41) is 7.59. The SMILES string of the molecule is CC(NC(=O)c1ccc(I)c(Cl)c1)c1ccsc1. The minimum atomic E-state index is -0.105. The summed E-state index contributed by atoms with van der Waals surface area (Å²) in [4.78, 5) is 12.0. The smallest absolute Gasteiger partial charge is 0.251 e. The molecule has 1 aromatic carbocycles. The fraction of sp³-hybridized carbons (Fsp3) is 0.154. The van der Waals surface area contributed by atoms with E-state index in [9.17, 15) is 4.79 Å². The highest BCUT2D eigenvalue weighted by molar-refractivity contribution is 14.1. The molecule has 1 heterocycles. The number of carbonyl (C=O) groups excluding carboxylic acids is 1. The van der Waals surface area contributed by atoms with Gasteiger partial charge in [0, 0.05) is 9.13 Å². The van der Waals surface area contributed by atoms with Crippen LogP contribution in [0.5, 0.6) is 0 Å². The molecule has 0 radical (unpaired) electrons. The summed E-state index contributed by atoms with van der Waals surface area (Å²) in [6.07, 6.45) is 0. The van der Waals surface area contributed by atoms with E-state index < -0.39 is 0 Å². The lowest BCUT2D eigenvalue weighted by molar-refractivity contribution is 0.0940. The van der Waals surface area contributed by atoms with Crippen molar-refractivity contribution in [2.45, 2.75) is 13.0 Å². The predicted octanol–water partition coefficient (Wildman–Crippen LogP) is 4.50. The molecule has 2 rings (SSSR count). The molecule has 1 aromatic heterocycles. The number of carbonyl (C=O) groups is 1. The molecule has 0 aliphatic heterocycles. The molecule has 1 unspecified atom stereocenters. The molecule has 0 saturated heterocycles. The largest absolute Gasteiger partial charge is 0.345 e. The third kappa shape index (κ3) is 3.24. The van der Waals surface area contributed by atoms with Crippen molar-refractivity contribution in [2.24, 2.45) is 0 Å². The van der Waals surface area contributed by atoms with Gasteiger partial charge in [-0.15, -0.1) is 0 Å². The van der Waals surface area contributed by atoms with E-state index in [1.807, 2.05) is 29.8 Å². The third-order valence-electron chi connectivity index (χ3n) is 2.57. The van der Waals surface area contributed by atoms with Gasteiger partial charge in [-0.2, -0.15) is 11.3 Å². The number of thiophene rings is 1. The summed E-state index contributed by atoms with van der Waals surface area (Å²) in [6.45, 7) is 1.97. The summed E-state index contributed by atoms with van der Waals surface area (Å²) in [5.74, 6) is -0.105. The first kappa shape index (κ1) is 13.8. The van der Waals surface area contributed by atoms with Gasteiger partial charge >= 0.3 is 0 Å². The van der Waals surface area contributed by atoms with Crippen molar-refractivity contribution in [1.82, 2.24) is 5.32 Å². The number of amides is 1. The quantitative estimate of drug-likeness (QED) is 0.767. The fourth-order valence-corrected chi connectivity index (χ4v) is 2.79. The van der Waals surface area contributed by atoms with Crippen LogP contribution in [0.4, 0.5) is 0 Å². The Morgan fingerprint density at radius 1 is 1.44 bits per heavy atom. The normalized spacial score (nSPS) is 12.2. The standard InChI is InChI=1S/C13H11ClINOS/c1-8(10-4-5-18-7-10)16-13(17)9-2-3-12(15)11(14)6-9/h2-8H,1H3,(H,16,17). The van der Waals surface area contributed by atoms with Gasteiger partial charge < -0.3 is 5.32 Å². The molecule has 2 nitrogen and oxygen atoms in total. The molecular formula is C13H11ClINOS. The summed E-state index contributed by atoms with van der Waals surface area (Å²) in [5.41, 5.74) is 1.70. The first-order chi connectivity index (χ1) is 8.58. The van der Waals surface area contributed by atoms with Crippen molar-refractivity contribution in [3.05, 3.63) is 54.7 Å². The van der Waals surface area contributed by atoms with Gasteiger partial charge in [0.15, 0.2) is 0 Å². The maximum atomic E-state index is 12.0. The Bertz CT molecular complexity index is 556. The van der Waals surface area contributed by atoms with Crippen LogP contribution in [-0.4, -0.2) is 5.91 Å². The van der Waals surface area contributed by atoms with E-state index in [0.717, 1.165) is 9.13 Å². The Morgan fingerprint density at radius 3 is 2.83 bits per heavy atom. The molecule has 0 fully saturated rings. The van der Waals surface area contributed by atoms with Gasteiger partial charge in [-0.1, -0.05) is 11.6 Å². The average Bonchev–Trinajstić information content (AvgIpc) is 2.86. The van der Waals surface area contributed by atoms with Gasteiger partial charge in [-0.3, -0.25) is 4.79 Å². The van der Waals surface area contributed by atoms with Crippen molar-refractivity contribution in [3.63, 3.8) is 0 Å². The minimum absolute atomic E-state index is 0.00167.